The minimum atomic E-state index is 0.119. The van der Waals surface area contributed by atoms with Crippen LogP contribution in [0.2, 0.25) is 0 Å². The van der Waals surface area contributed by atoms with Crippen molar-refractivity contribution in [2.75, 3.05) is 11.9 Å². The molecule has 0 atom stereocenters. The number of hydrogen-bond donors (Lipinski definition) is 0. The minimum absolute atomic E-state index is 0.119. The first kappa shape index (κ1) is 12.1. The summed E-state index contributed by atoms with van der Waals surface area (Å²) in [5.41, 5.74) is 0.774. The molecule has 2 nitrogen and oxygen atoms in total. The van der Waals surface area contributed by atoms with Crippen LogP contribution in [0.3, 0.4) is 0 Å². The highest BCUT2D eigenvalue weighted by molar-refractivity contribution is 9.09. The van der Waals surface area contributed by atoms with Gasteiger partial charge in [0.05, 0.1) is 18.2 Å². The van der Waals surface area contributed by atoms with E-state index < -0.39 is 0 Å². The molecular weight excluding hydrogens is 254 g/mol. The van der Waals surface area contributed by atoms with E-state index in [1.165, 1.54) is 0 Å². The zero-order chi connectivity index (χ0) is 11.3. The van der Waals surface area contributed by atoms with Crippen molar-refractivity contribution in [3.63, 3.8) is 0 Å². The standard InChI is InChI=1S/C12H14BrNO/c1-12(2,8-13)9-15-11-5-3-10(7-14)4-6-11/h3-6H,8-9H2,1-2H3. The van der Waals surface area contributed by atoms with Gasteiger partial charge in [0, 0.05) is 10.7 Å². The number of rotatable bonds is 4. The summed E-state index contributed by atoms with van der Waals surface area (Å²) in [5, 5.41) is 9.53. The topological polar surface area (TPSA) is 33.0 Å². The van der Waals surface area contributed by atoms with Gasteiger partial charge >= 0.3 is 0 Å². The molecule has 0 fully saturated rings. The highest BCUT2D eigenvalue weighted by Crippen LogP contribution is 2.20. The molecule has 1 rings (SSSR count). The molecule has 0 saturated carbocycles. The fourth-order valence-corrected chi connectivity index (χ4v) is 1.10. The van der Waals surface area contributed by atoms with E-state index in [9.17, 15) is 0 Å². The average Bonchev–Trinajstić information content (AvgIpc) is 2.27. The fraction of sp³-hybridized carbons (Fsp3) is 0.417. The molecule has 1 aromatic carbocycles. The van der Waals surface area contributed by atoms with E-state index in [2.05, 4.69) is 35.8 Å². The second kappa shape index (κ2) is 5.18. The van der Waals surface area contributed by atoms with Crippen molar-refractivity contribution in [1.29, 1.82) is 5.26 Å². The Kier molecular flexibility index (Phi) is 4.16. The van der Waals surface area contributed by atoms with Crippen LogP contribution in [0.5, 0.6) is 5.75 Å². The quantitative estimate of drug-likeness (QED) is 0.784. The van der Waals surface area contributed by atoms with Gasteiger partial charge in [-0.2, -0.15) is 5.26 Å². The van der Waals surface area contributed by atoms with Crippen LogP contribution in [0.4, 0.5) is 0 Å². The van der Waals surface area contributed by atoms with Crippen LogP contribution in [-0.4, -0.2) is 11.9 Å². The maximum Gasteiger partial charge on any atom is 0.119 e. The molecule has 15 heavy (non-hydrogen) atoms. The Balaban J connectivity index is 2.56. The lowest BCUT2D eigenvalue weighted by Gasteiger charge is -2.21. The van der Waals surface area contributed by atoms with Gasteiger partial charge in [-0.25, -0.2) is 0 Å². The molecule has 0 aromatic heterocycles. The zero-order valence-electron chi connectivity index (χ0n) is 8.96. The molecule has 1 aromatic rings. The number of hydrogen-bond acceptors (Lipinski definition) is 2. The molecule has 0 radical (unpaired) electrons. The maximum atomic E-state index is 8.63. The Bertz CT molecular complexity index is 351. The molecule has 0 spiro atoms. The minimum Gasteiger partial charge on any atom is -0.493 e. The van der Waals surface area contributed by atoms with Crippen molar-refractivity contribution in [3.05, 3.63) is 29.8 Å². The van der Waals surface area contributed by atoms with Gasteiger partial charge in [-0.3, -0.25) is 0 Å². The second-order valence-electron chi connectivity index (χ2n) is 4.22. The number of halogens is 1. The highest BCUT2D eigenvalue weighted by atomic mass is 79.9. The highest BCUT2D eigenvalue weighted by Gasteiger charge is 2.16. The Morgan fingerprint density at radius 3 is 2.40 bits per heavy atom. The molecule has 0 saturated heterocycles. The predicted molar refractivity (Wildman–Crippen MR) is 64.2 cm³/mol. The lowest BCUT2D eigenvalue weighted by atomic mass is 9.98. The molecular formula is C12H14BrNO. The van der Waals surface area contributed by atoms with Crippen LogP contribution in [0.25, 0.3) is 0 Å². The molecule has 0 aliphatic rings. The summed E-state index contributed by atoms with van der Waals surface area (Å²) in [4.78, 5) is 0. The van der Waals surface area contributed by atoms with E-state index in [1.807, 2.05) is 12.1 Å². The Hall–Kier alpha value is -1.01. The molecule has 0 unspecified atom stereocenters. The predicted octanol–water partition coefficient (Wildman–Crippen LogP) is 3.36. The SMILES string of the molecule is CC(C)(CBr)COc1ccc(C#N)cc1. The van der Waals surface area contributed by atoms with Crippen molar-refractivity contribution >= 4 is 15.9 Å². The summed E-state index contributed by atoms with van der Waals surface area (Å²) in [6, 6.07) is 9.24. The van der Waals surface area contributed by atoms with Gasteiger partial charge in [0.25, 0.3) is 0 Å². The lowest BCUT2D eigenvalue weighted by molar-refractivity contribution is 0.203. The van der Waals surface area contributed by atoms with E-state index in [-0.39, 0.29) is 5.41 Å². The molecule has 0 N–H and O–H groups in total. The Labute approximate surface area is 99.0 Å². The van der Waals surface area contributed by atoms with E-state index in [0.29, 0.717) is 12.2 Å². The van der Waals surface area contributed by atoms with Gasteiger partial charge in [-0.1, -0.05) is 29.8 Å². The monoisotopic (exact) mass is 267 g/mol. The van der Waals surface area contributed by atoms with Crippen LogP contribution in [0.15, 0.2) is 24.3 Å². The Morgan fingerprint density at radius 2 is 1.93 bits per heavy atom. The summed E-state index contributed by atoms with van der Waals surface area (Å²) in [6.07, 6.45) is 0. The Morgan fingerprint density at radius 1 is 1.33 bits per heavy atom. The van der Waals surface area contributed by atoms with E-state index >= 15 is 0 Å². The number of nitriles is 1. The summed E-state index contributed by atoms with van der Waals surface area (Å²) >= 11 is 3.44. The van der Waals surface area contributed by atoms with Crippen LogP contribution in [0.1, 0.15) is 19.4 Å². The third kappa shape index (κ3) is 3.93. The molecule has 0 amide bonds. The van der Waals surface area contributed by atoms with Crippen molar-refractivity contribution in [2.45, 2.75) is 13.8 Å². The maximum absolute atomic E-state index is 8.63. The summed E-state index contributed by atoms with van der Waals surface area (Å²) in [7, 11) is 0. The van der Waals surface area contributed by atoms with Crippen LogP contribution in [-0.2, 0) is 0 Å². The average molecular weight is 268 g/mol. The number of ether oxygens (including phenoxy) is 1. The van der Waals surface area contributed by atoms with Gasteiger partial charge in [-0.15, -0.1) is 0 Å². The smallest absolute Gasteiger partial charge is 0.119 e. The molecule has 3 heteroatoms. The first-order valence-corrected chi connectivity index (χ1v) is 5.88. The van der Waals surface area contributed by atoms with E-state index in [4.69, 9.17) is 10.00 Å². The molecule has 0 aliphatic carbocycles. The summed E-state index contributed by atoms with van der Waals surface area (Å²) in [5.74, 6) is 0.808. The summed E-state index contributed by atoms with van der Waals surface area (Å²) in [6.45, 7) is 4.92. The second-order valence-corrected chi connectivity index (χ2v) is 4.78. The van der Waals surface area contributed by atoms with E-state index in [0.717, 1.165) is 11.1 Å². The van der Waals surface area contributed by atoms with E-state index in [1.54, 1.807) is 12.1 Å². The first-order chi connectivity index (χ1) is 7.07. The number of benzene rings is 1. The third-order valence-corrected chi connectivity index (χ3v) is 3.49. The van der Waals surface area contributed by atoms with Crippen molar-refractivity contribution in [3.8, 4) is 11.8 Å². The van der Waals surface area contributed by atoms with Gasteiger partial charge in [0.15, 0.2) is 0 Å². The normalized spacial score (nSPS) is 10.8. The van der Waals surface area contributed by atoms with Crippen LogP contribution >= 0.6 is 15.9 Å². The molecule has 0 heterocycles. The molecule has 0 aliphatic heterocycles. The fourth-order valence-electron chi connectivity index (χ4n) is 0.943. The van der Waals surface area contributed by atoms with Gasteiger partial charge < -0.3 is 4.74 Å². The zero-order valence-corrected chi connectivity index (χ0v) is 10.5. The first-order valence-electron chi connectivity index (χ1n) is 4.76. The van der Waals surface area contributed by atoms with Crippen molar-refractivity contribution in [2.24, 2.45) is 5.41 Å². The van der Waals surface area contributed by atoms with Crippen LogP contribution in [0, 0.1) is 16.7 Å². The number of alkyl halides is 1. The summed E-state index contributed by atoms with van der Waals surface area (Å²) < 4.78 is 5.62. The van der Waals surface area contributed by atoms with Crippen LogP contribution < -0.4 is 4.74 Å². The lowest BCUT2D eigenvalue weighted by Crippen LogP contribution is -2.22. The van der Waals surface area contributed by atoms with Crippen molar-refractivity contribution in [1.82, 2.24) is 0 Å². The van der Waals surface area contributed by atoms with Gasteiger partial charge in [-0.05, 0) is 24.3 Å². The molecule has 80 valence electrons. The van der Waals surface area contributed by atoms with Gasteiger partial charge in [0.1, 0.15) is 5.75 Å². The third-order valence-electron chi connectivity index (χ3n) is 1.97. The largest absolute Gasteiger partial charge is 0.493 e. The van der Waals surface area contributed by atoms with Crippen molar-refractivity contribution < 1.29 is 4.74 Å². The van der Waals surface area contributed by atoms with Gasteiger partial charge in [0.2, 0.25) is 0 Å². The number of nitrogens with zero attached hydrogens (tertiary/aromatic N) is 1. The molecule has 0 bridgehead atoms.